The molecule has 0 saturated heterocycles. The Morgan fingerprint density at radius 1 is 1.10 bits per heavy atom. The summed E-state index contributed by atoms with van der Waals surface area (Å²) in [4.78, 5) is 12.6. The Morgan fingerprint density at radius 3 is 2.58 bits per heavy atom. The molecule has 2 heterocycles. The van der Waals surface area contributed by atoms with Crippen LogP contribution in [0, 0.1) is 0 Å². The van der Waals surface area contributed by atoms with E-state index in [1.807, 2.05) is 41.0 Å². The second kappa shape index (κ2) is 9.60. The van der Waals surface area contributed by atoms with E-state index < -0.39 is 0 Å². The van der Waals surface area contributed by atoms with Crippen molar-refractivity contribution in [2.75, 3.05) is 12.9 Å². The van der Waals surface area contributed by atoms with Crippen molar-refractivity contribution in [2.45, 2.75) is 11.7 Å². The molecule has 2 aromatic heterocycles. The average Bonchev–Trinajstić information content (AvgIpc) is 3.44. The third kappa shape index (κ3) is 4.95. The van der Waals surface area contributed by atoms with Crippen molar-refractivity contribution in [3.63, 3.8) is 0 Å². The number of rotatable bonds is 8. The number of methoxy groups -OCH3 is 1. The van der Waals surface area contributed by atoms with Gasteiger partial charge in [0.15, 0.2) is 16.8 Å². The van der Waals surface area contributed by atoms with Crippen LogP contribution >= 0.6 is 35.0 Å². The fourth-order valence-corrected chi connectivity index (χ4v) is 4.06. The van der Waals surface area contributed by atoms with Gasteiger partial charge < -0.3 is 9.15 Å². The third-order valence-corrected chi connectivity index (χ3v) is 6.24. The molecule has 0 bridgehead atoms. The molecular weight excluding hydrogens is 457 g/mol. The smallest absolute Gasteiger partial charge is 0.192 e. The predicted octanol–water partition coefficient (Wildman–Crippen LogP) is 5.88. The molecule has 4 rings (SSSR count). The molecule has 0 N–H and O–H groups in total. The summed E-state index contributed by atoms with van der Waals surface area (Å²) in [5.74, 6) is 2.28. The molecule has 0 fully saturated rings. The van der Waals surface area contributed by atoms with Gasteiger partial charge >= 0.3 is 0 Å². The summed E-state index contributed by atoms with van der Waals surface area (Å²) in [6, 6.07) is 16.1. The Hall–Kier alpha value is -2.74. The fraction of sp³-hybridized carbons (Fsp3) is 0.136. The Bertz CT molecular complexity index is 1190. The van der Waals surface area contributed by atoms with Crippen LogP contribution in [0.5, 0.6) is 5.75 Å². The number of thioether (sulfide) groups is 1. The number of hydrogen-bond donors (Lipinski definition) is 0. The lowest BCUT2D eigenvalue weighted by atomic mass is 10.1. The van der Waals surface area contributed by atoms with Crippen LogP contribution in [0.2, 0.25) is 10.0 Å². The van der Waals surface area contributed by atoms with Crippen LogP contribution in [0.15, 0.2) is 70.4 Å². The molecule has 0 spiro atoms. The fourth-order valence-electron chi connectivity index (χ4n) is 2.93. The first-order valence-electron chi connectivity index (χ1n) is 9.26. The standard InChI is InChI=1S/C22H17Cl2N3O3S/c1-29-16-7-4-14(5-8-16)21-25-26-22(27(21)12-17-3-2-10-30-17)31-13-20(28)15-6-9-18(23)19(24)11-15/h2-11H,12-13H2,1H3. The van der Waals surface area contributed by atoms with Crippen molar-refractivity contribution >= 4 is 40.7 Å². The Balaban J connectivity index is 1.59. The van der Waals surface area contributed by atoms with E-state index in [1.54, 1.807) is 31.6 Å². The minimum absolute atomic E-state index is 0.0814. The lowest BCUT2D eigenvalue weighted by molar-refractivity contribution is 0.102. The van der Waals surface area contributed by atoms with Crippen molar-refractivity contribution in [1.29, 1.82) is 0 Å². The van der Waals surface area contributed by atoms with Crippen molar-refractivity contribution < 1.29 is 13.9 Å². The summed E-state index contributed by atoms with van der Waals surface area (Å²) in [5.41, 5.74) is 1.37. The molecule has 0 aliphatic heterocycles. The van der Waals surface area contributed by atoms with Crippen LogP contribution < -0.4 is 4.74 Å². The molecule has 9 heteroatoms. The topological polar surface area (TPSA) is 70.2 Å². The SMILES string of the molecule is COc1ccc(-c2nnc(SCC(=O)c3ccc(Cl)c(Cl)c3)n2Cc2ccco2)cc1. The predicted molar refractivity (Wildman–Crippen MR) is 121 cm³/mol. The van der Waals surface area contributed by atoms with Gasteiger partial charge in [-0.15, -0.1) is 10.2 Å². The summed E-state index contributed by atoms with van der Waals surface area (Å²) in [6.45, 7) is 0.435. The van der Waals surface area contributed by atoms with Crippen LogP contribution in [-0.2, 0) is 6.54 Å². The van der Waals surface area contributed by atoms with E-state index >= 15 is 0 Å². The van der Waals surface area contributed by atoms with E-state index in [2.05, 4.69) is 10.2 Å². The highest BCUT2D eigenvalue weighted by Gasteiger charge is 2.18. The second-order valence-corrected chi connectivity index (χ2v) is 8.30. The van der Waals surface area contributed by atoms with Gasteiger partial charge in [0.25, 0.3) is 0 Å². The first-order valence-corrected chi connectivity index (χ1v) is 11.0. The molecule has 4 aromatic rings. The van der Waals surface area contributed by atoms with E-state index in [4.69, 9.17) is 32.4 Å². The number of hydrogen-bond acceptors (Lipinski definition) is 6. The van der Waals surface area contributed by atoms with Gasteiger partial charge in [0, 0.05) is 11.1 Å². The molecule has 0 unspecified atom stereocenters. The summed E-state index contributed by atoms with van der Waals surface area (Å²) in [7, 11) is 1.62. The third-order valence-electron chi connectivity index (χ3n) is 4.53. The molecule has 2 aromatic carbocycles. The zero-order valence-electron chi connectivity index (χ0n) is 16.4. The molecule has 0 aliphatic carbocycles. The molecule has 158 valence electrons. The van der Waals surface area contributed by atoms with Gasteiger partial charge in [-0.3, -0.25) is 9.36 Å². The molecule has 0 amide bonds. The van der Waals surface area contributed by atoms with Crippen molar-refractivity contribution in [3.05, 3.63) is 82.2 Å². The minimum Gasteiger partial charge on any atom is -0.497 e. The zero-order chi connectivity index (χ0) is 21.8. The number of benzene rings is 2. The molecule has 0 saturated carbocycles. The van der Waals surface area contributed by atoms with Crippen LogP contribution in [0.4, 0.5) is 0 Å². The van der Waals surface area contributed by atoms with E-state index in [0.717, 1.165) is 17.1 Å². The largest absolute Gasteiger partial charge is 0.497 e. The number of ketones is 1. The van der Waals surface area contributed by atoms with Crippen molar-refractivity contribution in [1.82, 2.24) is 14.8 Å². The molecule has 6 nitrogen and oxygen atoms in total. The Morgan fingerprint density at radius 2 is 1.90 bits per heavy atom. The summed E-state index contributed by atoms with van der Waals surface area (Å²) < 4.78 is 12.7. The second-order valence-electron chi connectivity index (χ2n) is 6.54. The van der Waals surface area contributed by atoms with Gasteiger partial charge in [0.05, 0.1) is 35.7 Å². The highest BCUT2D eigenvalue weighted by Crippen LogP contribution is 2.28. The van der Waals surface area contributed by atoms with Gasteiger partial charge in [0.2, 0.25) is 0 Å². The average molecular weight is 474 g/mol. The van der Waals surface area contributed by atoms with Crippen molar-refractivity contribution in [3.8, 4) is 17.1 Å². The minimum atomic E-state index is -0.0814. The number of ether oxygens (including phenoxy) is 1. The van der Waals surface area contributed by atoms with E-state index in [1.165, 1.54) is 11.8 Å². The summed E-state index contributed by atoms with van der Waals surface area (Å²) in [6.07, 6.45) is 1.62. The highest BCUT2D eigenvalue weighted by molar-refractivity contribution is 7.99. The van der Waals surface area contributed by atoms with Crippen LogP contribution in [-0.4, -0.2) is 33.4 Å². The van der Waals surface area contributed by atoms with Crippen molar-refractivity contribution in [2.24, 2.45) is 0 Å². The normalized spacial score (nSPS) is 10.9. The highest BCUT2D eigenvalue weighted by atomic mass is 35.5. The van der Waals surface area contributed by atoms with E-state index in [0.29, 0.717) is 33.1 Å². The number of carbonyl (C=O) groups excluding carboxylic acids is 1. The number of nitrogens with zero attached hydrogens (tertiary/aromatic N) is 3. The number of furan rings is 1. The van der Waals surface area contributed by atoms with E-state index in [-0.39, 0.29) is 11.5 Å². The molecule has 0 atom stereocenters. The van der Waals surface area contributed by atoms with Crippen LogP contribution in [0.1, 0.15) is 16.1 Å². The van der Waals surface area contributed by atoms with Crippen LogP contribution in [0.25, 0.3) is 11.4 Å². The lowest BCUT2D eigenvalue weighted by Gasteiger charge is -2.09. The number of Topliss-reactive ketones (excluding diaryl/α,β-unsaturated/α-hetero) is 1. The zero-order valence-corrected chi connectivity index (χ0v) is 18.7. The maximum atomic E-state index is 12.6. The van der Waals surface area contributed by atoms with Gasteiger partial charge in [-0.25, -0.2) is 0 Å². The molecular formula is C22H17Cl2N3O3S. The lowest BCUT2D eigenvalue weighted by Crippen LogP contribution is -2.07. The first kappa shape index (κ1) is 21.5. The first-order chi connectivity index (χ1) is 15.0. The molecule has 0 radical (unpaired) electrons. The molecule has 31 heavy (non-hydrogen) atoms. The van der Waals surface area contributed by atoms with Crippen LogP contribution in [0.3, 0.4) is 0 Å². The number of halogens is 2. The van der Waals surface area contributed by atoms with Gasteiger partial charge in [-0.1, -0.05) is 35.0 Å². The maximum absolute atomic E-state index is 12.6. The number of carbonyl (C=O) groups is 1. The molecule has 0 aliphatic rings. The Labute approximate surface area is 193 Å². The summed E-state index contributed by atoms with van der Waals surface area (Å²) >= 11 is 13.3. The van der Waals surface area contributed by atoms with Gasteiger partial charge in [0.1, 0.15) is 11.5 Å². The van der Waals surface area contributed by atoms with E-state index in [9.17, 15) is 4.79 Å². The maximum Gasteiger partial charge on any atom is 0.192 e. The Kier molecular flexibility index (Phi) is 6.65. The monoisotopic (exact) mass is 473 g/mol. The van der Waals surface area contributed by atoms with Gasteiger partial charge in [-0.2, -0.15) is 0 Å². The quantitative estimate of drug-likeness (QED) is 0.235. The van der Waals surface area contributed by atoms with Gasteiger partial charge in [-0.05, 0) is 54.6 Å². The summed E-state index contributed by atoms with van der Waals surface area (Å²) in [5, 5.41) is 10.0. The number of aromatic nitrogens is 3.